The maximum Gasteiger partial charge on any atom is 0.225 e. The number of hydrogen-bond acceptors (Lipinski definition) is 3. The quantitative estimate of drug-likeness (QED) is 0.716. The summed E-state index contributed by atoms with van der Waals surface area (Å²) in [6.45, 7) is 8.27. The van der Waals surface area contributed by atoms with Gasteiger partial charge < -0.3 is 9.50 Å². The lowest BCUT2D eigenvalue weighted by Gasteiger charge is -2.33. The molecule has 0 atom stereocenters. The van der Waals surface area contributed by atoms with Crippen molar-refractivity contribution in [2.24, 2.45) is 10.8 Å². The summed E-state index contributed by atoms with van der Waals surface area (Å²) < 4.78 is 5.00. The Kier molecular flexibility index (Phi) is 5.67. The van der Waals surface area contributed by atoms with Crippen molar-refractivity contribution in [1.82, 2.24) is 5.32 Å². The van der Waals surface area contributed by atoms with E-state index in [0.717, 1.165) is 12.2 Å². The Morgan fingerprint density at radius 3 is 2.27 bits per heavy atom. The molecule has 0 radical (unpaired) electrons. The molecule has 0 aromatic heterocycles. The summed E-state index contributed by atoms with van der Waals surface area (Å²) >= 11 is 1.44. The fraction of sp³-hybridized carbons (Fsp3) is 0.909. The maximum absolute atomic E-state index is 11.6. The Labute approximate surface area is 97.5 Å². The van der Waals surface area contributed by atoms with Gasteiger partial charge in [0.25, 0.3) is 0 Å². The summed E-state index contributed by atoms with van der Waals surface area (Å²) in [4.78, 5) is 11.6. The highest BCUT2D eigenvalue weighted by Crippen LogP contribution is 2.36. The van der Waals surface area contributed by atoms with E-state index in [9.17, 15) is 4.79 Å². The molecule has 0 aliphatic carbocycles. The van der Waals surface area contributed by atoms with Crippen molar-refractivity contribution in [3.8, 4) is 0 Å². The molecule has 0 unspecified atom stereocenters. The minimum absolute atomic E-state index is 0.0939. The molecule has 0 spiro atoms. The minimum Gasteiger partial charge on any atom is -0.359 e. The molecular weight excluding hydrogens is 210 g/mol. The molecule has 0 bridgehead atoms. The lowest BCUT2D eigenvalue weighted by atomic mass is 9.75. The van der Waals surface area contributed by atoms with Crippen LogP contribution in [0.1, 0.15) is 34.1 Å². The molecule has 15 heavy (non-hydrogen) atoms. The Morgan fingerprint density at radius 1 is 1.33 bits per heavy atom. The van der Waals surface area contributed by atoms with E-state index in [1.807, 2.05) is 13.8 Å². The molecule has 0 aromatic carbocycles. The van der Waals surface area contributed by atoms with Crippen LogP contribution in [0.5, 0.6) is 0 Å². The maximum atomic E-state index is 11.6. The van der Waals surface area contributed by atoms with Gasteiger partial charge in [0, 0.05) is 18.2 Å². The predicted molar refractivity (Wildman–Crippen MR) is 65.7 cm³/mol. The van der Waals surface area contributed by atoms with E-state index in [1.54, 1.807) is 14.2 Å². The van der Waals surface area contributed by atoms with Crippen LogP contribution in [0.15, 0.2) is 0 Å². The highest BCUT2D eigenvalue weighted by atomic mass is 32.2. The predicted octanol–water partition coefficient (Wildman–Crippen LogP) is 2.47. The van der Waals surface area contributed by atoms with Gasteiger partial charge in [0.2, 0.25) is 5.91 Å². The average molecular weight is 233 g/mol. The second-order valence-electron chi connectivity index (χ2n) is 5.23. The van der Waals surface area contributed by atoms with Crippen molar-refractivity contribution in [3.05, 3.63) is 0 Å². The second kappa shape index (κ2) is 5.75. The molecule has 4 heteroatoms. The van der Waals surface area contributed by atoms with Crippen molar-refractivity contribution >= 4 is 17.9 Å². The standard InChI is InChI=1S/C11H23NO2S/c1-10(2,8-15-14-6)7-11(3,4)9(13)12-5/h7-8H2,1-6H3,(H,12,13). The van der Waals surface area contributed by atoms with E-state index in [-0.39, 0.29) is 16.7 Å². The zero-order valence-electron chi connectivity index (χ0n) is 10.6. The van der Waals surface area contributed by atoms with Gasteiger partial charge in [0.05, 0.1) is 7.11 Å². The van der Waals surface area contributed by atoms with Gasteiger partial charge in [-0.2, -0.15) is 0 Å². The van der Waals surface area contributed by atoms with Crippen molar-refractivity contribution < 1.29 is 8.98 Å². The van der Waals surface area contributed by atoms with Gasteiger partial charge in [0.1, 0.15) is 0 Å². The summed E-state index contributed by atoms with van der Waals surface area (Å²) in [6.07, 6.45) is 0.843. The fourth-order valence-corrected chi connectivity index (χ4v) is 2.42. The zero-order chi connectivity index (χ0) is 12.1. The third-order valence-corrected chi connectivity index (χ3v) is 3.46. The molecule has 0 heterocycles. The Bertz CT molecular complexity index is 215. The fourth-order valence-electron chi connectivity index (χ4n) is 1.88. The molecular formula is C11H23NO2S. The summed E-state index contributed by atoms with van der Waals surface area (Å²) in [5.74, 6) is 0.988. The van der Waals surface area contributed by atoms with Gasteiger partial charge in [0.15, 0.2) is 0 Å². The molecule has 0 saturated carbocycles. The zero-order valence-corrected chi connectivity index (χ0v) is 11.5. The van der Waals surface area contributed by atoms with Crippen LogP contribution in [-0.4, -0.2) is 25.8 Å². The van der Waals surface area contributed by atoms with E-state index in [0.29, 0.717) is 0 Å². The van der Waals surface area contributed by atoms with Crippen LogP contribution in [0, 0.1) is 10.8 Å². The second-order valence-corrected chi connectivity index (χ2v) is 6.09. The van der Waals surface area contributed by atoms with E-state index < -0.39 is 0 Å². The molecule has 0 saturated heterocycles. The Balaban J connectivity index is 4.35. The number of carbonyl (C=O) groups excluding carboxylic acids is 1. The minimum atomic E-state index is -0.327. The van der Waals surface area contributed by atoms with Crippen LogP contribution >= 0.6 is 12.0 Å². The van der Waals surface area contributed by atoms with Crippen LogP contribution in [0.2, 0.25) is 0 Å². The molecule has 0 aliphatic rings. The molecule has 0 fully saturated rings. The molecule has 1 amide bonds. The van der Waals surface area contributed by atoms with Crippen molar-refractivity contribution in [2.45, 2.75) is 34.1 Å². The third kappa shape index (κ3) is 5.42. The van der Waals surface area contributed by atoms with E-state index >= 15 is 0 Å². The number of hydrogen-bond donors (Lipinski definition) is 1. The first-order valence-electron chi connectivity index (χ1n) is 5.13. The van der Waals surface area contributed by atoms with E-state index in [1.165, 1.54) is 12.0 Å². The summed E-state index contributed by atoms with van der Waals surface area (Å²) in [5, 5.41) is 2.71. The Hall–Kier alpha value is -0.220. The number of rotatable bonds is 6. The molecule has 3 nitrogen and oxygen atoms in total. The number of amides is 1. The highest BCUT2D eigenvalue weighted by molar-refractivity contribution is 7.94. The van der Waals surface area contributed by atoms with E-state index in [4.69, 9.17) is 4.18 Å². The first-order valence-corrected chi connectivity index (χ1v) is 6.04. The van der Waals surface area contributed by atoms with Gasteiger partial charge in [-0.05, 0) is 23.9 Å². The number of carbonyl (C=O) groups is 1. The monoisotopic (exact) mass is 233 g/mol. The van der Waals surface area contributed by atoms with Crippen molar-refractivity contribution in [1.29, 1.82) is 0 Å². The van der Waals surface area contributed by atoms with Crippen LogP contribution in [-0.2, 0) is 8.98 Å². The van der Waals surface area contributed by atoms with Crippen molar-refractivity contribution in [2.75, 3.05) is 19.9 Å². The van der Waals surface area contributed by atoms with Crippen molar-refractivity contribution in [3.63, 3.8) is 0 Å². The smallest absolute Gasteiger partial charge is 0.225 e. The van der Waals surface area contributed by atoms with E-state index in [2.05, 4.69) is 19.2 Å². The first kappa shape index (κ1) is 14.8. The SMILES string of the molecule is CNC(=O)C(C)(C)CC(C)(C)CSOC. The lowest BCUT2D eigenvalue weighted by Crippen LogP contribution is -2.38. The molecule has 0 aliphatic heterocycles. The Morgan fingerprint density at radius 2 is 1.87 bits per heavy atom. The van der Waals surface area contributed by atoms with Crippen LogP contribution in [0.3, 0.4) is 0 Å². The normalized spacial score (nSPS) is 12.7. The molecule has 0 rings (SSSR count). The largest absolute Gasteiger partial charge is 0.359 e. The first-order chi connectivity index (χ1) is 6.75. The summed E-state index contributed by atoms with van der Waals surface area (Å²) in [7, 11) is 3.35. The van der Waals surface area contributed by atoms with Gasteiger partial charge in [-0.25, -0.2) is 0 Å². The van der Waals surface area contributed by atoms with Gasteiger partial charge in [-0.1, -0.05) is 27.7 Å². The summed E-state index contributed by atoms with van der Waals surface area (Å²) in [6, 6.07) is 0. The van der Waals surface area contributed by atoms with Crippen LogP contribution in [0.4, 0.5) is 0 Å². The van der Waals surface area contributed by atoms with Crippen LogP contribution < -0.4 is 5.32 Å². The average Bonchev–Trinajstić information content (AvgIpc) is 2.11. The van der Waals surface area contributed by atoms with Crippen LogP contribution in [0.25, 0.3) is 0 Å². The highest BCUT2D eigenvalue weighted by Gasteiger charge is 2.34. The lowest BCUT2D eigenvalue weighted by molar-refractivity contribution is -0.130. The molecule has 90 valence electrons. The number of nitrogens with one attached hydrogen (secondary N) is 1. The van der Waals surface area contributed by atoms with Gasteiger partial charge in [-0.3, -0.25) is 4.79 Å². The molecule has 0 aromatic rings. The topological polar surface area (TPSA) is 38.3 Å². The van der Waals surface area contributed by atoms with Gasteiger partial charge in [-0.15, -0.1) is 0 Å². The molecule has 1 N–H and O–H groups in total. The van der Waals surface area contributed by atoms with Gasteiger partial charge >= 0.3 is 0 Å². The summed E-state index contributed by atoms with van der Waals surface area (Å²) in [5.41, 5.74) is -0.233. The third-order valence-electron chi connectivity index (χ3n) is 2.33.